The molecule has 3 aromatic carbocycles. The standard InChI is InChI=1S/C26H19NO7/c1-15-4-3-5-17(10-15)24-27-19(26(29)34-24)11-16-6-8-21(22(12-16)30-2)33-25(28)18-7-9-20-23(13-18)32-14-31-20/h3-13H,14H2,1-2H3. The maximum Gasteiger partial charge on any atom is 0.363 e. The first-order valence-electron chi connectivity index (χ1n) is 10.4. The molecule has 8 heteroatoms. The molecule has 2 aliphatic rings. The number of hydrogen-bond donors (Lipinski definition) is 0. The molecule has 0 radical (unpaired) electrons. The first-order chi connectivity index (χ1) is 16.5. The van der Waals surface area contributed by atoms with Gasteiger partial charge in [0.1, 0.15) is 0 Å². The Labute approximate surface area is 195 Å². The number of hydrogen-bond acceptors (Lipinski definition) is 8. The first-order valence-corrected chi connectivity index (χ1v) is 10.4. The molecule has 0 aliphatic carbocycles. The van der Waals surface area contributed by atoms with Crippen LogP contribution in [0.4, 0.5) is 0 Å². The fraction of sp³-hybridized carbons (Fsp3) is 0.115. The van der Waals surface area contributed by atoms with Crippen molar-refractivity contribution in [2.24, 2.45) is 4.99 Å². The third kappa shape index (κ3) is 4.21. The van der Waals surface area contributed by atoms with E-state index < -0.39 is 11.9 Å². The topological polar surface area (TPSA) is 92.7 Å². The minimum Gasteiger partial charge on any atom is -0.493 e. The lowest BCUT2D eigenvalue weighted by molar-refractivity contribution is -0.129. The van der Waals surface area contributed by atoms with Crippen LogP contribution in [-0.4, -0.2) is 31.7 Å². The number of carbonyl (C=O) groups is 2. The molecule has 0 N–H and O–H groups in total. The van der Waals surface area contributed by atoms with Crippen LogP contribution in [0, 0.1) is 6.92 Å². The molecule has 34 heavy (non-hydrogen) atoms. The van der Waals surface area contributed by atoms with Gasteiger partial charge in [-0.3, -0.25) is 0 Å². The second kappa shape index (κ2) is 8.74. The van der Waals surface area contributed by atoms with E-state index in [1.807, 2.05) is 31.2 Å². The second-order valence-corrected chi connectivity index (χ2v) is 7.57. The Morgan fingerprint density at radius 3 is 2.68 bits per heavy atom. The van der Waals surface area contributed by atoms with E-state index in [2.05, 4.69) is 4.99 Å². The molecule has 2 aliphatic heterocycles. The highest BCUT2D eigenvalue weighted by Crippen LogP contribution is 2.34. The summed E-state index contributed by atoms with van der Waals surface area (Å²) in [6.45, 7) is 2.06. The Balaban J connectivity index is 1.37. The Kier molecular flexibility index (Phi) is 5.47. The van der Waals surface area contributed by atoms with E-state index in [4.69, 9.17) is 23.7 Å². The summed E-state index contributed by atoms with van der Waals surface area (Å²) in [4.78, 5) is 29.3. The van der Waals surface area contributed by atoms with Gasteiger partial charge in [0.2, 0.25) is 12.7 Å². The molecule has 8 nitrogen and oxygen atoms in total. The number of fused-ring (bicyclic) bond motifs is 1. The van der Waals surface area contributed by atoms with Crippen LogP contribution in [0.5, 0.6) is 23.0 Å². The maximum absolute atomic E-state index is 12.6. The molecule has 0 atom stereocenters. The maximum atomic E-state index is 12.6. The summed E-state index contributed by atoms with van der Waals surface area (Å²) in [6.07, 6.45) is 1.58. The fourth-order valence-electron chi connectivity index (χ4n) is 3.51. The average Bonchev–Trinajstić information content (AvgIpc) is 3.46. The average molecular weight is 457 g/mol. The van der Waals surface area contributed by atoms with Gasteiger partial charge < -0.3 is 23.7 Å². The van der Waals surface area contributed by atoms with Crippen LogP contribution in [0.3, 0.4) is 0 Å². The van der Waals surface area contributed by atoms with Gasteiger partial charge in [-0.1, -0.05) is 23.8 Å². The van der Waals surface area contributed by atoms with Crippen molar-refractivity contribution in [1.82, 2.24) is 0 Å². The Hall–Kier alpha value is -4.59. The molecular weight excluding hydrogens is 438 g/mol. The number of methoxy groups -OCH3 is 1. The van der Waals surface area contributed by atoms with Crippen molar-refractivity contribution in [3.63, 3.8) is 0 Å². The van der Waals surface area contributed by atoms with Gasteiger partial charge in [0.15, 0.2) is 28.7 Å². The molecule has 5 rings (SSSR count). The van der Waals surface area contributed by atoms with E-state index in [9.17, 15) is 9.59 Å². The Morgan fingerprint density at radius 2 is 1.85 bits per heavy atom. The highest BCUT2D eigenvalue weighted by molar-refractivity contribution is 6.12. The fourth-order valence-corrected chi connectivity index (χ4v) is 3.51. The quantitative estimate of drug-likeness (QED) is 0.320. The van der Waals surface area contributed by atoms with Crippen LogP contribution >= 0.6 is 0 Å². The summed E-state index contributed by atoms with van der Waals surface area (Å²) >= 11 is 0. The molecule has 0 unspecified atom stereocenters. The number of rotatable bonds is 5. The van der Waals surface area contributed by atoms with Crippen LogP contribution in [0.1, 0.15) is 27.0 Å². The number of carbonyl (C=O) groups excluding carboxylic acids is 2. The molecule has 2 heterocycles. The number of benzene rings is 3. The van der Waals surface area contributed by atoms with Gasteiger partial charge in [0.25, 0.3) is 0 Å². The SMILES string of the molecule is COc1cc(C=C2N=C(c3cccc(C)c3)OC2=O)ccc1OC(=O)c1ccc2c(c1)OCO2. The molecule has 0 saturated heterocycles. The molecule has 170 valence electrons. The van der Waals surface area contributed by atoms with Gasteiger partial charge >= 0.3 is 11.9 Å². The second-order valence-electron chi connectivity index (χ2n) is 7.57. The normalized spacial score (nSPS) is 15.2. The number of cyclic esters (lactones) is 1. The van der Waals surface area contributed by atoms with Crippen molar-refractivity contribution >= 4 is 23.9 Å². The Morgan fingerprint density at radius 1 is 1.00 bits per heavy atom. The van der Waals surface area contributed by atoms with E-state index in [1.54, 1.807) is 42.5 Å². The van der Waals surface area contributed by atoms with E-state index in [1.165, 1.54) is 7.11 Å². The molecule has 3 aromatic rings. The van der Waals surface area contributed by atoms with Crippen molar-refractivity contribution in [2.45, 2.75) is 6.92 Å². The first kappa shape index (κ1) is 21.3. The smallest absolute Gasteiger partial charge is 0.363 e. The molecule has 0 bridgehead atoms. The van der Waals surface area contributed by atoms with Gasteiger partial charge in [-0.2, -0.15) is 0 Å². The predicted octanol–water partition coefficient (Wildman–Crippen LogP) is 4.30. The summed E-state index contributed by atoms with van der Waals surface area (Å²) in [7, 11) is 1.46. The number of esters is 2. The van der Waals surface area contributed by atoms with Crippen LogP contribution in [0.15, 0.2) is 71.4 Å². The predicted molar refractivity (Wildman–Crippen MR) is 122 cm³/mol. The van der Waals surface area contributed by atoms with E-state index in [0.29, 0.717) is 28.4 Å². The summed E-state index contributed by atoms with van der Waals surface area (Å²) in [5.41, 5.74) is 2.85. The third-order valence-electron chi connectivity index (χ3n) is 5.19. The number of aliphatic imine (C=N–C) groups is 1. The summed E-state index contributed by atoms with van der Waals surface area (Å²) < 4.78 is 26.8. The van der Waals surface area contributed by atoms with Crippen molar-refractivity contribution < 1.29 is 33.3 Å². The molecular formula is C26H19NO7. The van der Waals surface area contributed by atoms with Crippen LogP contribution in [-0.2, 0) is 9.53 Å². The Bertz CT molecular complexity index is 1370. The van der Waals surface area contributed by atoms with Crippen LogP contribution < -0.4 is 18.9 Å². The molecule has 0 fully saturated rings. The lowest BCUT2D eigenvalue weighted by atomic mass is 10.1. The number of ether oxygens (including phenoxy) is 5. The number of aryl methyl sites for hydroxylation is 1. The van der Waals surface area contributed by atoms with Crippen LogP contribution in [0.25, 0.3) is 6.08 Å². The van der Waals surface area contributed by atoms with Gasteiger partial charge in [-0.15, -0.1) is 0 Å². The highest BCUT2D eigenvalue weighted by Gasteiger charge is 2.24. The van der Waals surface area contributed by atoms with Crippen molar-refractivity contribution in [3.05, 3.63) is 88.6 Å². The molecule has 0 saturated carbocycles. The van der Waals surface area contributed by atoms with Crippen LogP contribution in [0.2, 0.25) is 0 Å². The summed E-state index contributed by atoms with van der Waals surface area (Å²) in [5, 5.41) is 0. The van der Waals surface area contributed by atoms with Gasteiger partial charge in [-0.05, 0) is 61.0 Å². The van der Waals surface area contributed by atoms with Gasteiger partial charge in [-0.25, -0.2) is 14.6 Å². The van der Waals surface area contributed by atoms with Crippen molar-refractivity contribution in [1.29, 1.82) is 0 Å². The minimum atomic E-state index is -0.575. The third-order valence-corrected chi connectivity index (χ3v) is 5.19. The van der Waals surface area contributed by atoms with Gasteiger partial charge in [0.05, 0.1) is 12.7 Å². The number of nitrogens with zero attached hydrogens (tertiary/aromatic N) is 1. The zero-order valence-corrected chi connectivity index (χ0v) is 18.4. The van der Waals surface area contributed by atoms with Crippen molar-refractivity contribution in [2.75, 3.05) is 13.9 Å². The lowest BCUT2D eigenvalue weighted by Crippen LogP contribution is -2.09. The molecule has 0 spiro atoms. The summed E-state index contributed by atoms with van der Waals surface area (Å²) in [6, 6.07) is 17.3. The zero-order valence-electron chi connectivity index (χ0n) is 18.4. The molecule has 0 aromatic heterocycles. The lowest BCUT2D eigenvalue weighted by Gasteiger charge is -2.10. The van der Waals surface area contributed by atoms with Gasteiger partial charge in [0, 0.05) is 5.56 Å². The molecule has 0 amide bonds. The largest absolute Gasteiger partial charge is 0.493 e. The van der Waals surface area contributed by atoms with E-state index in [0.717, 1.165) is 11.1 Å². The summed E-state index contributed by atoms with van der Waals surface area (Å²) in [5.74, 6) is 0.731. The van der Waals surface area contributed by atoms with E-state index in [-0.39, 0.29) is 24.1 Å². The van der Waals surface area contributed by atoms with Crippen molar-refractivity contribution in [3.8, 4) is 23.0 Å². The highest BCUT2D eigenvalue weighted by atomic mass is 16.7. The minimum absolute atomic E-state index is 0.114. The zero-order chi connectivity index (χ0) is 23.7. The van der Waals surface area contributed by atoms with E-state index >= 15 is 0 Å². The monoisotopic (exact) mass is 457 g/mol.